The minimum Gasteiger partial charge on any atom is -0.309 e. The van der Waals surface area contributed by atoms with Gasteiger partial charge in [-0.1, -0.05) is 194 Å². The number of hydrogen-bond donors (Lipinski definition) is 0. The molecule has 11 aromatic rings. The summed E-state index contributed by atoms with van der Waals surface area (Å²) in [6.07, 6.45) is 0. The van der Waals surface area contributed by atoms with Gasteiger partial charge < -0.3 is 9.13 Å². The summed E-state index contributed by atoms with van der Waals surface area (Å²) in [5.41, 5.74) is 9.50. The van der Waals surface area contributed by atoms with Crippen LogP contribution in [0.5, 0.6) is 0 Å². The van der Waals surface area contributed by atoms with Crippen molar-refractivity contribution in [3.63, 3.8) is 0 Å². The lowest BCUT2D eigenvalue weighted by Crippen LogP contribution is -2.74. The van der Waals surface area contributed by atoms with Crippen molar-refractivity contribution in [1.29, 1.82) is 0 Å². The van der Waals surface area contributed by atoms with Crippen LogP contribution in [-0.4, -0.2) is 17.2 Å². The molecule has 0 unspecified atom stereocenters. The number of para-hydroxylation sites is 3. The lowest BCUT2D eigenvalue weighted by molar-refractivity contribution is 1.15. The number of rotatable bonds is 7. The molecule has 0 aliphatic carbocycles. The zero-order chi connectivity index (χ0) is 37.8. The maximum Gasteiger partial charge on any atom is 0.180 e. The van der Waals surface area contributed by atoms with E-state index >= 15 is 0 Å². The third-order valence-corrected chi connectivity index (χ3v) is 16.7. The van der Waals surface area contributed by atoms with Gasteiger partial charge in [0.15, 0.2) is 8.07 Å². The fraction of sp³-hybridized carbons (Fsp3) is 0. The van der Waals surface area contributed by atoms with E-state index in [0.717, 1.165) is 11.4 Å². The molecule has 0 saturated carbocycles. The van der Waals surface area contributed by atoms with Crippen LogP contribution >= 0.6 is 0 Å². The van der Waals surface area contributed by atoms with Crippen molar-refractivity contribution in [1.82, 2.24) is 9.13 Å². The maximum atomic E-state index is 2.54. The lowest BCUT2D eigenvalue weighted by atomic mass is 10.0. The van der Waals surface area contributed by atoms with Gasteiger partial charge in [0.25, 0.3) is 0 Å². The van der Waals surface area contributed by atoms with Crippen molar-refractivity contribution in [2.75, 3.05) is 0 Å². The van der Waals surface area contributed by atoms with E-state index in [4.69, 9.17) is 0 Å². The minimum absolute atomic E-state index is 1.13. The highest BCUT2D eigenvalue weighted by molar-refractivity contribution is 7.20. The van der Waals surface area contributed by atoms with Gasteiger partial charge in [0, 0.05) is 38.5 Å². The molecule has 9 aromatic carbocycles. The average Bonchev–Trinajstić information content (AvgIpc) is 3.81. The van der Waals surface area contributed by atoms with E-state index in [-0.39, 0.29) is 0 Å². The molecule has 11 rings (SSSR count). The molecule has 0 N–H and O–H groups in total. The van der Waals surface area contributed by atoms with Gasteiger partial charge in [0.2, 0.25) is 0 Å². The summed E-state index contributed by atoms with van der Waals surface area (Å²) in [5, 5.41) is 10.5. The fourth-order valence-corrected chi connectivity index (χ4v) is 14.5. The Morgan fingerprint density at radius 2 is 0.825 bits per heavy atom. The standard InChI is InChI=1S/C54H38N2Si/c1-6-20-39(21-7-1)45-31-18-32-48-53-50(34-19-35-52(53)57(42-24-10-3-11-25-42,43-26-12-4-13-27-43)44-28-14-5-15-29-44)56(54(45)48)41-36-37-47-46-30-16-17-33-49(46)55(51(47)38-41)40-22-8-2-9-23-40/h1-38H. The summed E-state index contributed by atoms with van der Waals surface area (Å²) in [4.78, 5) is 0. The fourth-order valence-electron chi connectivity index (χ4n) is 9.53. The normalized spacial score (nSPS) is 11.9. The van der Waals surface area contributed by atoms with Crippen molar-refractivity contribution < 1.29 is 0 Å². The summed E-state index contributed by atoms with van der Waals surface area (Å²) >= 11 is 0. The second kappa shape index (κ2) is 13.5. The number of benzene rings is 9. The number of fused-ring (bicyclic) bond motifs is 6. The molecule has 0 bridgehead atoms. The topological polar surface area (TPSA) is 9.86 Å². The predicted molar refractivity (Wildman–Crippen MR) is 244 cm³/mol. The van der Waals surface area contributed by atoms with Gasteiger partial charge in [0.1, 0.15) is 0 Å². The zero-order valence-electron chi connectivity index (χ0n) is 31.3. The molecule has 0 fully saturated rings. The van der Waals surface area contributed by atoms with Crippen LogP contribution in [0.1, 0.15) is 0 Å². The molecule has 0 radical (unpaired) electrons. The second-order valence-corrected chi connectivity index (χ2v) is 18.6. The molecule has 3 heteroatoms. The van der Waals surface area contributed by atoms with Gasteiger partial charge >= 0.3 is 0 Å². The quantitative estimate of drug-likeness (QED) is 0.114. The minimum atomic E-state index is -2.90. The first kappa shape index (κ1) is 33.2. The second-order valence-electron chi connectivity index (χ2n) is 14.8. The first-order valence-corrected chi connectivity index (χ1v) is 21.7. The summed E-state index contributed by atoms with van der Waals surface area (Å²) in [7, 11) is -2.90. The Kier molecular flexibility index (Phi) is 7.87. The monoisotopic (exact) mass is 742 g/mol. The Labute approximate surface area is 333 Å². The van der Waals surface area contributed by atoms with Gasteiger partial charge in [-0.15, -0.1) is 0 Å². The van der Waals surface area contributed by atoms with E-state index in [9.17, 15) is 0 Å². The van der Waals surface area contributed by atoms with Crippen LogP contribution < -0.4 is 20.7 Å². The molecule has 57 heavy (non-hydrogen) atoms. The summed E-state index contributed by atoms with van der Waals surface area (Å²) in [6.45, 7) is 0. The van der Waals surface area contributed by atoms with E-state index < -0.39 is 8.07 Å². The van der Waals surface area contributed by atoms with Gasteiger partial charge in [-0.25, -0.2) is 0 Å². The Morgan fingerprint density at radius 3 is 1.47 bits per heavy atom. The van der Waals surface area contributed by atoms with Gasteiger partial charge in [-0.05, 0) is 62.7 Å². The molecule has 268 valence electrons. The first-order chi connectivity index (χ1) is 28.3. The molecule has 0 saturated heterocycles. The number of nitrogens with zero attached hydrogens (tertiary/aromatic N) is 2. The molecule has 0 aliphatic rings. The first-order valence-electron chi connectivity index (χ1n) is 19.7. The number of hydrogen-bond acceptors (Lipinski definition) is 0. The van der Waals surface area contributed by atoms with E-state index in [1.807, 2.05) is 0 Å². The molecule has 2 heterocycles. The van der Waals surface area contributed by atoms with Crippen molar-refractivity contribution in [2.45, 2.75) is 0 Å². The highest BCUT2D eigenvalue weighted by atomic mass is 28.3. The Hall–Kier alpha value is -7.20. The third-order valence-electron chi connectivity index (χ3n) is 11.9. The van der Waals surface area contributed by atoms with Crippen molar-refractivity contribution >= 4 is 72.4 Å². The molecule has 0 atom stereocenters. The molecular formula is C54H38N2Si. The highest BCUT2D eigenvalue weighted by Crippen LogP contribution is 2.40. The van der Waals surface area contributed by atoms with Crippen LogP contribution in [0.2, 0.25) is 0 Å². The van der Waals surface area contributed by atoms with Gasteiger partial charge in [0.05, 0.1) is 22.1 Å². The maximum absolute atomic E-state index is 2.90. The molecule has 0 amide bonds. The lowest BCUT2D eigenvalue weighted by Gasteiger charge is -2.35. The largest absolute Gasteiger partial charge is 0.309 e. The number of aromatic nitrogens is 2. The SMILES string of the molecule is c1ccc(-c2cccc3c4c([Si](c5ccccc5)(c5ccccc5)c5ccccc5)cccc4n(-c4ccc5c6ccccc6n(-c6ccccc6)c5c4)c23)cc1. The van der Waals surface area contributed by atoms with Crippen LogP contribution in [0.4, 0.5) is 0 Å². The van der Waals surface area contributed by atoms with Crippen molar-refractivity contribution in [3.8, 4) is 22.5 Å². The summed E-state index contributed by atoms with van der Waals surface area (Å²) in [6, 6.07) is 85.3. The molecule has 0 aliphatic heterocycles. The molecule has 2 nitrogen and oxygen atoms in total. The van der Waals surface area contributed by atoms with E-state index in [1.165, 1.54) is 75.5 Å². The van der Waals surface area contributed by atoms with Crippen LogP contribution in [-0.2, 0) is 0 Å². The van der Waals surface area contributed by atoms with E-state index in [2.05, 4.69) is 240 Å². The smallest absolute Gasteiger partial charge is 0.180 e. The van der Waals surface area contributed by atoms with Gasteiger partial charge in [-0.3, -0.25) is 0 Å². The van der Waals surface area contributed by atoms with Crippen LogP contribution in [0, 0.1) is 0 Å². The average molecular weight is 743 g/mol. The zero-order valence-corrected chi connectivity index (χ0v) is 32.3. The van der Waals surface area contributed by atoms with Crippen molar-refractivity contribution in [2.24, 2.45) is 0 Å². The molecule has 2 aromatic heterocycles. The molecule has 0 spiro atoms. The van der Waals surface area contributed by atoms with E-state index in [1.54, 1.807) is 0 Å². The highest BCUT2D eigenvalue weighted by Gasteiger charge is 2.43. The summed E-state index contributed by atoms with van der Waals surface area (Å²) in [5.74, 6) is 0. The van der Waals surface area contributed by atoms with Crippen LogP contribution in [0.15, 0.2) is 231 Å². The Balaban J connectivity index is 1.31. The Bertz CT molecular complexity index is 3110. The van der Waals surface area contributed by atoms with E-state index in [0.29, 0.717) is 0 Å². The summed E-state index contributed by atoms with van der Waals surface area (Å²) < 4.78 is 4.97. The van der Waals surface area contributed by atoms with Gasteiger partial charge in [-0.2, -0.15) is 0 Å². The third kappa shape index (κ3) is 5.10. The van der Waals surface area contributed by atoms with Crippen molar-refractivity contribution in [3.05, 3.63) is 231 Å². The van der Waals surface area contributed by atoms with Crippen LogP contribution in [0.25, 0.3) is 66.1 Å². The Morgan fingerprint density at radius 1 is 0.316 bits per heavy atom. The predicted octanol–water partition coefficient (Wildman–Crippen LogP) is 10.9. The molecular weight excluding hydrogens is 705 g/mol. The van der Waals surface area contributed by atoms with Crippen LogP contribution in [0.3, 0.4) is 0 Å².